The number of aliphatic imine (C=N–C) groups is 1. The van der Waals surface area contributed by atoms with Crippen LogP contribution < -0.4 is 25.3 Å². The Balaban J connectivity index is 0.00000264. The van der Waals surface area contributed by atoms with E-state index >= 15 is 0 Å². The fourth-order valence-electron chi connectivity index (χ4n) is 2.46. The number of benzene rings is 1. The van der Waals surface area contributed by atoms with Gasteiger partial charge in [-0.15, -0.1) is 24.0 Å². The Labute approximate surface area is 154 Å². The van der Waals surface area contributed by atoms with E-state index in [2.05, 4.69) is 10.3 Å². The minimum atomic E-state index is 0. The second-order valence-electron chi connectivity index (χ2n) is 5.37. The van der Waals surface area contributed by atoms with Crippen LogP contribution in [0.15, 0.2) is 17.1 Å². The molecule has 1 aliphatic carbocycles. The summed E-state index contributed by atoms with van der Waals surface area (Å²) in [6.07, 6.45) is 3.89. The summed E-state index contributed by atoms with van der Waals surface area (Å²) in [6, 6.07) is 3.74. The summed E-state index contributed by atoms with van der Waals surface area (Å²) in [4.78, 5) is 4.37. The van der Waals surface area contributed by atoms with Gasteiger partial charge >= 0.3 is 0 Å². The van der Waals surface area contributed by atoms with Crippen molar-refractivity contribution in [3.05, 3.63) is 17.7 Å². The highest BCUT2D eigenvalue weighted by Gasteiger charge is 2.17. The molecule has 23 heavy (non-hydrogen) atoms. The minimum Gasteiger partial charge on any atom is -0.493 e. The molecule has 0 unspecified atom stereocenters. The summed E-state index contributed by atoms with van der Waals surface area (Å²) < 4.78 is 16.1. The molecule has 3 N–H and O–H groups in total. The van der Waals surface area contributed by atoms with Gasteiger partial charge in [0, 0.05) is 12.1 Å². The molecule has 0 aliphatic heterocycles. The second kappa shape index (κ2) is 9.69. The number of ether oxygens (including phenoxy) is 3. The molecule has 0 radical (unpaired) electrons. The molecule has 2 rings (SSSR count). The topological polar surface area (TPSA) is 78.1 Å². The molecule has 0 aromatic heterocycles. The Morgan fingerprint density at radius 1 is 1.17 bits per heavy atom. The van der Waals surface area contributed by atoms with Crippen LogP contribution in [-0.4, -0.2) is 33.8 Å². The third-order valence-corrected chi connectivity index (χ3v) is 4.00. The molecule has 1 aromatic carbocycles. The lowest BCUT2D eigenvalue weighted by atomic mass is 9.85. The van der Waals surface area contributed by atoms with Gasteiger partial charge in [0.1, 0.15) is 0 Å². The molecule has 0 amide bonds. The number of methoxy groups -OCH3 is 3. The SMILES string of the molecule is COc1ccc(CN=C(N)NCC2CCC2)c(OC)c1OC.I. The number of guanidine groups is 1. The highest BCUT2D eigenvalue weighted by molar-refractivity contribution is 14.0. The second-order valence-corrected chi connectivity index (χ2v) is 5.37. The van der Waals surface area contributed by atoms with Gasteiger partial charge in [-0.2, -0.15) is 0 Å². The van der Waals surface area contributed by atoms with E-state index in [-0.39, 0.29) is 24.0 Å². The molecular formula is C16H26IN3O3. The van der Waals surface area contributed by atoms with Gasteiger partial charge in [0.25, 0.3) is 0 Å². The van der Waals surface area contributed by atoms with Crippen molar-refractivity contribution < 1.29 is 14.2 Å². The first-order chi connectivity index (χ1) is 10.7. The molecule has 0 spiro atoms. The summed E-state index contributed by atoms with van der Waals surface area (Å²) in [7, 11) is 4.78. The maximum absolute atomic E-state index is 5.91. The van der Waals surface area contributed by atoms with Gasteiger partial charge in [0.05, 0.1) is 27.9 Å². The standard InChI is InChI=1S/C16H25N3O3.HI/c1-20-13-8-7-12(14(21-2)15(13)22-3)10-19-16(17)18-9-11-5-4-6-11;/h7-8,11H,4-6,9-10H2,1-3H3,(H3,17,18,19);1H. The molecule has 6 nitrogen and oxygen atoms in total. The highest BCUT2D eigenvalue weighted by Crippen LogP contribution is 2.39. The van der Waals surface area contributed by atoms with E-state index in [1.807, 2.05) is 12.1 Å². The van der Waals surface area contributed by atoms with Gasteiger partial charge in [0.15, 0.2) is 17.5 Å². The van der Waals surface area contributed by atoms with Gasteiger partial charge in [-0.05, 0) is 30.9 Å². The third kappa shape index (κ3) is 5.05. The van der Waals surface area contributed by atoms with Crippen LogP contribution in [0.25, 0.3) is 0 Å². The first kappa shape index (κ1) is 19.7. The molecule has 7 heteroatoms. The van der Waals surface area contributed by atoms with Crippen LogP contribution in [0.4, 0.5) is 0 Å². The predicted molar refractivity (Wildman–Crippen MR) is 102 cm³/mol. The Hall–Kier alpha value is -1.38. The lowest BCUT2D eigenvalue weighted by Gasteiger charge is -2.25. The van der Waals surface area contributed by atoms with Crippen molar-refractivity contribution in [2.45, 2.75) is 25.8 Å². The average molecular weight is 435 g/mol. The van der Waals surface area contributed by atoms with E-state index < -0.39 is 0 Å². The number of hydrogen-bond donors (Lipinski definition) is 2. The quantitative estimate of drug-likeness (QED) is 0.391. The maximum Gasteiger partial charge on any atom is 0.203 e. The van der Waals surface area contributed by atoms with Crippen molar-refractivity contribution in [1.82, 2.24) is 5.32 Å². The van der Waals surface area contributed by atoms with E-state index in [9.17, 15) is 0 Å². The molecular weight excluding hydrogens is 409 g/mol. The number of rotatable bonds is 7. The Morgan fingerprint density at radius 3 is 2.39 bits per heavy atom. The molecule has 1 saturated carbocycles. The van der Waals surface area contributed by atoms with Crippen molar-refractivity contribution in [2.75, 3.05) is 27.9 Å². The van der Waals surface area contributed by atoms with Crippen LogP contribution >= 0.6 is 24.0 Å². The Kier molecular flexibility index (Phi) is 8.29. The van der Waals surface area contributed by atoms with Crippen LogP contribution in [0.2, 0.25) is 0 Å². The summed E-state index contributed by atoms with van der Waals surface area (Å²) in [5, 5.41) is 3.17. The van der Waals surface area contributed by atoms with Gasteiger partial charge in [-0.3, -0.25) is 0 Å². The normalized spacial score (nSPS) is 14.5. The third-order valence-electron chi connectivity index (χ3n) is 4.00. The van der Waals surface area contributed by atoms with Crippen LogP contribution in [0.3, 0.4) is 0 Å². The number of halogens is 1. The van der Waals surface area contributed by atoms with E-state index in [1.54, 1.807) is 21.3 Å². The van der Waals surface area contributed by atoms with E-state index in [1.165, 1.54) is 19.3 Å². The lowest BCUT2D eigenvalue weighted by Crippen LogP contribution is -2.37. The molecule has 0 atom stereocenters. The van der Waals surface area contributed by atoms with Gasteiger partial charge in [-0.1, -0.05) is 6.42 Å². The zero-order chi connectivity index (χ0) is 15.9. The van der Waals surface area contributed by atoms with Crippen LogP contribution in [0, 0.1) is 5.92 Å². The van der Waals surface area contributed by atoms with E-state index in [0.717, 1.165) is 18.0 Å². The van der Waals surface area contributed by atoms with Crippen LogP contribution in [0.5, 0.6) is 17.2 Å². The number of nitrogens with two attached hydrogens (primary N) is 1. The predicted octanol–water partition coefficient (Wildman–Crippen LogP) is 2.53. The summed E-state index contributed by atoms with van der Waals surface area (Å²) in [5.74, 6) is 3.02. The summed E-state index contributed by atoms with van der Waals surface area (Å²) >= 11 is 0. The van der Waals surface area contributed by atoms with Gasteiger partial charge in [0.2, 0.25) is 5.75 Å². The largest absolute Gasteiger partial charge is 0.493 e. The average Bonchev–Trinajstić information content (AvgIpc) is 2.50. The monoisotopic (exact) mass is 435 g/mol. The van der Waals surface area contributed by atoms with Crippen LogP contribution in [-0.2, 0) is 6.54 Å². The summed E-state index contributed by atoms with van der Waals surface area (Å²) in [6.45, 7) is 1.32. The van der Waals surface area contributed by atoms with Gasteiger partial charge < -0.3 is 25.3 Å². The fraction of sp³-hybridized carbons (Fsp3) is 0.562. The summed E-state index contributed by atoms with van der Waals surface area (Å²) in [5.41, 5.74) is 6.81. The number of nitrogens with zero attached hydrogens (tertiary/aromatic N) is 1. The van der Waals surface area contributed by atoms with Crippen molar-refractivity contribution in [3.8, 4) is 17.2 Å². The molecule has 1 aromatic rings. The van der Waals surface area contributed by atoms with Gasteiger partial charge in [-0.25, -0.2) is 4.99 Å². The van der Waals surface area contributed by atoms with Crippen LogP contribution in [0.1, 0.15) is 24.8 Å². The van der Waals surface area contributed by atoms with E-state index in [4.69, 9.17) is 19.9 Å². The molecule has 0 bridgehead atoms. The van der Waals surface area contributed by atoms with Crippen molar-refractivity contribution in [2.24, 2.45) is 16.6 Å². The smallest absolute Gasteiger partial charge is 0.203 e. The van der Waals surface area contributed by atoms with E-state index in [0.29, 0.717) is 29.8 Å². The first-order valence-electron chi connectivity index (χ1n) is 7.51. The molecule has 0 heterocycles. The molecule has 1 aliphatic rings. The lowest BCUT2D eigenvalue weighted by molar-refractivity contribution is 0.315. The fourth-order valence-corrected chi connectivity index (χ4v) is 2.46. The van der Waals surface area contributed by atoms with Crippen molar-refractivity contribution in [3.63, 3.8) is 0 Å². The maximum atomic E-state index is 5.91. The Morgan fingerprint density at radius 2 is 1.87 bits per heavy atom. The Bertz CT molecular complexity index is 534. The number of hydrogen-bond acceptors (Lipinski definition) is 4. The minimum absolute atomic E-state index is 0. The van der Waals surface area contributed by atoms with Crippen molar-refractivity contribution in [1.29, 1.82) is 0 Å². The molecule has 0 saturated heterocycles. The zero-order valence-corrected chi connectivity index (χ0v) is 16.3. The highest BCUT2D eigenvalue weighted by atomic mass is 127. The first-order valence-corrected chi connectivity index (χ1v) is 7.51. The molecule has 1 fully saturated rings. The van der Waals surface area contributed by atoms with Crippen molar-refractivity contribution >= 4 is 29.9 Å². The zero-order valence-electron chi connectivity index (χ0n) is 13.9. The number of nitrogens with one attached hydrogen (secondary N) is 1. The molecule has 130 valence electrons.